The summed E-state index contributed by atoms with van der Waals surface area (Å²) in [6.45, 7) is 0. The number of rotatable bonds is 0. The first-order valence-electron chi connectivity index (χ1n) is 2.45. The molecule has 0 saturated heterocycles. The van der Waals surface area contributed by atoms with Crippen molar-refractivity contribution in [3.63, 3.8) is 0 Å². The van der Waals surface area contributed by atoms with Gasteiger partial charge in [-0.2, -0.15) is 4.73 Å². The lowest BCUT2D eigenvalue weighted by Gasteiger charge is -1.94. The number of hydrogen-bond donors (Lipinski definition) is 0. The van der Waals surface area contributed by atoms with Crippen LogP contribution in [0.5, 0.6) is 0 Å². The zero-order valence-corrected chi connectivity index (χ0v) is 4.94. The number of aromatic nitrogens is 2. The summed E-state index contributed by atoms with van der Waals surface area (Å²) in [6.07, 6.45) is 3.65. The smallest absolute Gasteiger partial charge is 0.315 e. The van der Waals surface area contributed by atoms with Gasteiger partial charge in [-0.3, -0.25) is 4.79 Å². The Morgan fingerprint density at radius 2 is 2.44 bits per heavy atom. The van der Waals surface area contributed by atoms with Gasteiger partial charge in [0, 0.05) is 7.05 Å². The predicted octanol–water partition coefficient (Wildman–Crippen LogP) is -0.981. The van der Waals surface area contributed by atoms with Crippen LogP contribution in [0.2, 0.25) is 0 Å². The van der Waals surface area contributed by atoms with E-state index in [2.05, 4.69) is 0 Å². The Morgan fingerprint density at radius 3 is 2.89 bits per heavy atom. The van der Waals surface area contributed by atoms with Crippen molar-refractivity contribution in [2.45, 2.75) is 0 Å². The van der Waals surface area contributed by atoms with Gasteiger partial charge in [-0.1, -0.05) is 0 Å². The van der Waals surface area contributed by atoms with Gasteiger partial charge in [0.2, 0.25) is 6.20 Å². The number of hydrogen-bond acceptors (Lipinski definition) is 2. The molecule has 48 valence electrons. The Kier molecular flexibility index (Phi) is 1.22. The van der Waals surface area contributed by atoms with Gasteiger partial charge < -0.3 is 9.77 Å². The minimum Gasteiger partial charge on any atom is -0.619 e. The minimum atomic E-state index is -0.299. The molecule has 0 aliphatic heterocycles. The third kappa shape index (κ3) is 1.07. The number of nitrogens with zero attached hydrogens (tertiary/aromatic N) is 2. The molecule has 0 aliphatic rings. The van der Waals surface area contributed by atoms with Crippen molar-refractivity contribution in [1.29, 1.82) is 0 Å². The lowest BCUT2D eigenvalue weighted by atomic mass is 10.7. The molecule has 0 amide bonds. The zero-order valence-electron chi connectivity index (χ0n) is 4.94. The fraction of sp³-hybridized carbons (Fsp3) is 0.200. The summed E-state index contributed by atoms with van der Waals surface area (Å²) >= 11 is 0. The van der Waals surface area contributed by atoms with E-state index in [0.717, 1.165) is 6.20 Å². The van der Waals surface area contributed by atoms with Crippen LogP contribution in [0.15, 0.2) is 23.4 Å². The monoisotopic (exact) mass is 126 g/mol. The third-order valence-electron chi connectivity index (χ3n) is 1.02. The molecular formula is C5H6N2O2. The van der Waals surface area contributed by atoms with Gasteiger partial charge in [0.15, 0.2) is 6.20 Å². The van der Waals surface area contributed by atoms with Crippen molar-refractivity contribution in [3.8, 4) is 0 Å². The molecule has 1 aromatic heterocycles. The maximum absolute atomic E-state index is 10.6. The van der Waals surface area contributed by atoms with E-state index in [1.807, 2.05) is 0 Å². The molecule has 0 aromatic carbocycles. The first-order valence-corrected chi connectivity index (χ1v) is 2.45. The molecule has 1 aromatic rings. The molecule has 9 heavy (non-hydrogen) atoms. The first-order chi connectivity index (χ1) is 4.20. The van der Waals surface area contributed by atoms with Crippen LogP contribution in [0.4, 0.5) is 0 Å². The zero-order chi connectivity index (χ0) is 6.85. The molecule has 0 saturated carbocycles. The summed E-state index contributed by atoms with van der Waals surface area (Å²) < 4.78 is 1.80. The lowest BCUT2D eigenvalue weighted by Crippen LogP contribution is -2.33. The van der Waals surface area contributed by atoms with E-state index in [4.69, 9.17) is 0 Å². The maximum atomic E-state index is 10.6. The van der Waals surface area contributed by atoms with E-state index in [9.17, 15) is 10.0 Å². The molecule has 0 aliphatic carbocycles. The van der Waals surface area contributed by atoms with Gasteiger partial charge in [-0.15, -0.1) is 0 Å². The fourth-order valence-electron chi connectivity index (χ4n) is 0.482. The van der Waals surface area contributed by atoms with E-state index in [1.54, 1.807) is 7.05 Å². The maximum Gasteiger partial charge on any atom is 0.315 e. The average Bonchev–Trinajstić information content (AvgIpc) is 1.80. The van der Waals surface area contributed by atoms with Gasteiger partial charge >= 0.3 is 5.56 Å². The summed E-state index contributed by atoms with van der Waals surface area (Å²) in [5.74, 6) is 0. The van der Waals surface area contributed by atoms with Crippen molar-refractivity contribution in [2.75, 3.05) is 0 Å². The van der Waals surface area contributed by atoms with E-state index >= 15 is 0 Å². The van der Waals surface area contributed by atoms with E-state index in [-0.39, 0.29) is 5.56 Å². The fourth-order valence-corrected chi connectivity index (χ4v) is 0.482. The Morgan fingerprint density at radius 1 is 1.78 bits per heavy atom. The van der Waals surface area contributed by atoms with Crippen molar-refractivity contribution < 1.29 is 4.73 Å². The molecule has 0 atom stereocenters. The summed E-state index contributed by atoms with van der Waals surface area (Å²) in [4.78, 5) is 10.6. The van der Waals surface area contributed by atoms with Crippen LogP contribution >= 0.6 is 0 Å². The third-order valence-corrected chi connectivity index (χ3v) is 1.02. The highest BCUT2D eigenvalue weighted by atomic mass is 16.5. The molecule has 4 heteroatoms. The Bertz CT molecular complexity index is 266. The van der Waals surface area contributed by atoms with E-state index in [1.165, 1.54) is 17.0 Å². The van der Waals surface area contributed by atoms with E-state index in [0.29, 0.717) is 4.73 Å². The molecule has 0 bridgehead atoms. The molecule has 1 rings (SSSR count). The van der Waals surface area contributed by atoms with Crippen LogP contribution in [0.1, 0.15) is 0 Å². The van der Waals surface area contributed by atoms with Gasteiger partial charge in [-0.05, 0) is 0 Å². The standard InChI is InChI=1S/C5H6N2O2/c1-6-2-3-7(9)4-5(6)8/h2-4H,1H3. The predicted molar refractivity (Wildman–Crippen MR) is 30.6 cm³/mol. The lowest BCUT2D eigenvalue weighted by molar-refractivity contribution is -0.607. The quantitative estimate of drug-likeness (QED) is 0.331. The van der Waals surface area contributed by atoms with Gasteiger partial charge in [-0.25, -0.2) is 0 Å². The van der Waals surface area contributed by atoms with Crippen molar-refractivity contribution in [2.24, 2.45) is 7.05 Å². The van der Waals surface area contributed by atoms with Crippen LogP contribution in [0, 0.1) is 5.21 Å². The van der Waals surface area contributed by atoms with Crippen molar-refractivity contribution >= 4 is 0 Å². The summed E-state index contributed by atoms with van der Waals surface area (Å²) in [5.41, 5.74) is -0.299. The molecule has 0 fully saturated rings. The molecule has 0 unspecified atom stereocenters. The SMILES string of the molecule is Cn1cc[n+]([O-])cc1=O. The summed E-state index contributed by atoms with van der Waals surface area (Å²) in [5, 5.41) is 10.3. The summed E-state index contributed by atoms with van der Waals surface area (Å²) in [7, 11) is 1.59. The van der Waals surface area contributed by atoms with Crippen molar-refractivity contribution in [3.05, 3.63) is 34.2 Å². The van der Waals surface area contributed by atoms with Crippen LogP contribution in [-0.2, 0) is 7.05 Å². The Balaban J connectivity index is 3.34. The van der Waals surface area contributed by atoms with Crippen LogP contribution < -0.4 is 10.3 Å². The Hall–Kier alpha value is -1.32. The van der Waals surface area contributed by atoms with Crippen LogP contribution in [-0.4, -0.2) is 4.57 Å². The summed E-state index contributed by atoms with van der Waals surface area (Å²) in [6, 6.07) is 0. The van der Waals surface area contributed by atoms with Gasteiger partial charge in [0.05, 0.1) is 6.20 Å². The highest BCUT2D eigenvalue weighted by Gasteiger charge is 1.91. The molecule has 0 spiro atoms. The highest BCUT2D eigenvalue weighted by Crippen LogP contribution is 1.65. The second-order valence-corrected chi connectivity index (χ2v) is 1.74. The Labute approximate surface area is 51.6 Å². The van der Waals surface area contributed by atoms with Gasteiger partial charge in [0.1, 0.15) is 0 Å². The molecule has 0 radical (unpaired) electrons. The number of aryl methyl sites for hydroxylation is 1. The molecule has 1 heterocycles. The highest BCUT2D eigenvalue weighted by molar-refractivity contribution is 4.71. The van der Waals surface area contributed by atoms with Crippen molar-refractivity contribution in [1.82, 2.24) is 4.57 Å². The molecule has 0 N–H and O–H groups in total. The van der Waals surface area contributed by atoms with E-state index < -0.39 is 0 Å². The van der Waals surface area contributed by atoms with Gasteiger partial charge in [0.25, 0.3) is 0 Å². The van der Waals surface area contributed by atoms with Crippen LogP contribution in [0.25, 0.3) is 0 Å². The average molecular weight is 126 g/mol. The normalized spacial score (nSPS) is 9.44. The second kappa shape index (κ2) is 1.89. The first kappa shape index (κ1) is 5.81. The molecule has 4 nitrogen and oxygen atoms in total. The largest absolute Gasteiger partial charge is 0.619 e. The topological polar surface area (TPSA) is 48.9 Å². The molecular weight excluding hydrogens is 120 g/mol. The minimum absolute atomic E-state index is 0.299. The second-order valence-electron chi connectivity index (χ2n) is 1.74. The van der Waals surface area contributed by atoms with Crippen LogP contribution in [0.3, 0.4) is 0 Å².